The average molecular weight is 284 g/mol. The van der Waals surface area contributed by atoms with E-state index < -0.39 is 29.1 Å². The predicted molar refractivity (Wildman–Crippen MR) is 68.7 cm³/mol. The van der Waals surface area contributed by atoms with Crippen LogP contribution in [0.5, 0.6) is 0 Å². The normalized spacial score (nSPS) is 26.2. The molecule has 0 saturated heterocycles. The van der Waals surface area contributed by atoms with Crippen LogP contribution in [0, 0.1) is 11.3 Å². The van der Waals surface area contributed by atoms with Crippen molar-refractivity contribution in [2.45, 2.75) is 40.0 Å². The Kier molecular flexibility index (Phi) is 5.42. The molecule has 0 bridgehead atoms. The monoisotopic (exact) mass is 284 g/mol. The highest BCUT2D eigenvalue weighted by Gasteiger charge is 2.50. The third-order valence-electron chi connectivity index (χ3n) is 3.50. The van der Waals surface area contributed by atoms with E-state index in [1.165, 1.54) is 6.92 Å². The summed E-state index contributed by atoms with van der Waals surface area (Å²) in [7, 11) is 0. The Hall–Kier alpha value is -1.72. The Labute approximate surface area is 117 Å². The SMILES string of the molecule is CCOC(=O)C[C@@H]1C[C@](C)(C(=O)OCC)C(=O)CC1=O. The van der Waals surface area contributed by atoms with Gasteiger partial charge in [0, 0.05) is 5.92 Å². The third-order valence-corrected chi connectivity index (χ3v) is 3.50. The van der Waals surface area contributed by atoms with Gasteiger partial charge in [0.05, 0.1) is 26.1 Å². The van der Waals surface area contributed by atoms with Gasteiger partial charge in [-0.25, -0.2) is 0 Å². The highest BCUT2D eigenvalue weighted by atomic mass is 16.5. The molecule has 0 aromatic heterocycles. The molecule has 20 heavy (non-hydrogen) atoms. The fourth-order valence-corrected chi connectivity index (χ4v) is 2.31. The van der Waals surface area contributed by atoms with Crippen molar-refractivity contribution in [1.29, 1.82) is 0 Å². The molecule has 6 nitrogen and oxygen atoms in total. The van der Waals surface area contributed by atoms with Gasteiger partial charge in [0.25, 0.3) is 0 Å². The van der Waals surface area contributed by atoms with Crippen molar-refractivity contribution in [1.82, 2.24) is 0 Å². The largest absolute Gasteiger partial charge is 0.466 e. The summed E-state index contributed by atoms with van der Waals surface area (Å²) in [6, 6.07) is 0. The number of hydrogen-bond donors (Lipinski definition) is 0. The first-order valence-corrected chi connectivity index (χ1v) is 6.74. The van der Waals surface area contributed by atoms with E-state index in [1.807, 2.05) is 0 Å². The quantitative estimate of drug-likeness (QED) is 0.554. The first-order chi connectivity index (χ1) is 9.35. The zero-order valence-corrected chi connectivity index (χ0v) is 12.1. The molecule has 112 valence electrons. The van der Waals surface area contributed by atoms with Crippen LogP contribution in [0.3, 0.4) is 0 Å². The first kappa shape index (κ1) is 16.3. The summed E-state index contributed by atoms with van der Waals surface area (Å²) in [5.74, 6) is -2.55. The van der Waals surface area contributed by atoms with Crippen molar-refractivity contribution >= 4 is 23.5 Å². The lowest BCUT2D eigenvalue weighted by molar-refractivity contribution is -0.164. The van der Waals surface area contributed by atoms with Gasteiger partial charge in [0.1, 0.15) is 11.2 Å². The molecule has 0 heterocycles. The van der Waals surface area contributed by atoms with Crippen LogP contribution < -0.4 is 0 Å². The van der Waals surface area contributed by atoms with E-state index in [2.05, 4.69) is 0 Å². The van der Waals surface area contributed by atoms with Gasteiger partial charge in [-0.05, 0) is 27.2 Å². The average Bonchev–Trinajstić information content (AvgIpc) is 2.36. The first-order valence-electron chi connectivity index (χ1n) is 6.74. The van der Waals surface area contributed by atoms with Gasteiger partial charge in [-0.3, -0.25) is 19.2 Å². The summed E-state index contributed by atoms with van der Waals surface area (Å²) in [5.41, 5.74) is -1.35. The maximum absolute atomic E-state index is 12.0. The summed E-state index contributed by atoms with van der Waals surface area (Å²) in [4.78, 5) is 47.2. The van der Waals surface area contributed by atoms with Gasteiger partial charge in [-0.2, -0.15) is 0 Å². The number of hydrogen-bond acceptors (Lipinski definition) is 6. The fourth-order valence-electron chi connectivity index (χ4n) is 2.31. The predicted octanol–water partition coefficient (Wildman–Crippen LogP) is 1.06. The number of carbonyl (C=O) groups excluding carboxylic acids is 4. The van der Waals surface area contributed by atoms with E-state index in [0.717, 1.165) is 0 Å². The standard InChI is InChI=1S/C14H20O6/c1-4-19-12(17)6-9-8-14(3,13(18)20-5-2)11(16)7-10(9)15/h9H,4-8H2,1-3H3/t9-,14+/m1/s1. The van der Waals surface area contributed by atoms with Crippen LogP contribution >= 0.6 is 0 Å². The van der Waals surface area contributed by atoms with Gasteiger partial charge in [-0.1, -0.05) is 0 Å². The van der Waals surface area contributed by atoms with Crippen molar-refractivity contribution in [3.8, 4) is 0 Å². The lowest BCUT2D eigenvalue weighted by Gasteiger charge is -2.33. The number of esters is 2. The smallest absolute Gasteiger partial charge is 0.319 e. The maximum atomic E-state index is 12.0. The lowest BCUT2D eigenvalue weighted by Crippen LogP contribution is -2.46. The molecule has 0 unspecified atom stereocenters. The maximum Gasteiger partial charge on any atom is 0.319 e. The minimum atomic E-state index is -1.35. The van der Waals surface area contributed by atoms with E-state index >= 15 is 0 Å². The number of rotatable bonds is 5. The van der Waals surface area contributed by atoms with Crippen molar-refractivity contribution < 1.29 is 28.7 Å². The zero-order chi connectivity index (χ0) is 15.3. The van der Waals surface area contributed by atoms with Crippen molar-refractivity contribution in [2.24, 2.45) is 11.3 Å². The molecule has 1 aliphatic carbocycles. The van der Waals surface area contributed by atoms with E-state index in [1.54, 1.807) is 13.8 Å². The molecule has 0 aromatic rings. The topological polar surface area (TPSA) is 86.7 Å². The molecule has 1 saturated carbocycles. The molecule has 0 radical (unpaired) electrons. The third kappa shape index (κ3) is 3.43. The molecular formula is C14H20O6. The van der Waals surface area contributed by atoms with Gasteiger partial charge in [-0.15, -0.1) is 0 Å². The second-order valence-corrected chi connectivity index (χ2v) is 5.03. The molecule has 0 amide bonds. The number of Topliss-reactive ketones (excluding diaryl/α,β-unsaturated/α-hetero) is 2. The second-order valence-electron chi connectivity index (χ2n) is 5.03. The summed E-state index contributed by atoms with van der Waals surface area (Å²) >= 11 is 0. The highest BCUT2D eigenvalue weighted by molar-refractivity contribution is 6.14. The molecule has 1 aliphatic rings. The Balaban J connectivity index is 2.84. The zero-order valence-electron chi connectivity index (χ0n) is 12.1. The molecule has 1 fully saturated rings. The number of carbonyl (C=O) groups is 4. The van der Waals surface area contributed by atoms with Crippen LogP contribution in [0.25, 0.3) is 0 Å². The minimum absolute atomic E-state index is 0.00230. The molecule has 2 atom stereocenters. The Morgan fingerprint density at radius 1 is 1.20 bits per heavy atom. The molecule has 0 spiro atoms. The number of ketones is 2. The molecule has 0 aromatic carbocycles. The summed E-state index contributed by atoms with van der Waals surface area (Å²) in [5, 5.41) is 0. The Morgan fingerprint density at radius 3 is 2.35 bits per heavy atom. The van der Waals surface area contributed by atoms with Crippen molar-refractivity contribution in [3.63, 3.8) is 0 Å². The number of ether oxygens (including phenoxy) is 2. The summed E-state index contributed by atoms with van der Waals surface area (Å²) in [6.45, 7) is 5.19. The lowest BCUT2D eigenvalue weighted by atomic mass is 9.68. The summed E-state index contributed by atoms with van der Waals surface area (Å²) in [6.07, 6.45) is -0.434. The van der Waals surface area contributed by atoms with Gasteiger partial charge >= 0.3 is 11.9 Å². The van der Waals surface area contributed by atoms with Crippen LogP contribution in [0.15, 0.2) is 0 Å². The molecule has 1 rings (SSSR count). The summed E-state index contributed by atoms with van der Waals surface area (Å²) < 4.78 is 9.71. The van der Waals surface area contributed by atoms with E-state index in [4.69, 9.17) is 9.47 Å². The molecule has 0 aliphatic heterocycles. The molecule has 6 heteroatoms. The van der Waals surface area contributed by atoms with E-state index in [0.29, 0.717) is 0 Å². The van der Waals surface area contributed by atoms with Crippen LogP contribution in [-0.2, 0) is 28.7 Å². The van der Waals surface area contributed by atoms with Crippen molar-refractivity contribution in [2.75, 3.05) is 13.2 Å². The van der Waals surface area contributed by atoms with Gasteiger partial charge in [0.2, 0.25) is 0 Å². The second kappa shape index (κ2) is 6.63. The van der Waals surface area contributed by atoms with Crippen LogP contribution in [0.4, 0.5) is 0 Å². The Morgan fingerprint density at radius 2 is 1.80 bits per heavy atom. The van der Waals surface area contributed by atoms with Gasteiger partial charge < -0.3 is 9.47 Å². The van der Waals surface area contributed by atoms with E-state index in [9.17, 15) is 19.2 Å². The van der Waals surface area contributed by atoms with E-state index in [-0.39, 0.29) is 38.3 Å². The van der Waals surface area contributed by atoms with Crippen LogP contribution in [0.2, 0.25) is 0 Å². The highest BCUT2D eigenvalue weighted by Crippen LogP contribution is 2.37. The Bertz CT molecular complexity index is 427. The van der Waals surface area contributed by atoms with Crippen LogP contribution in [-0.4, -0.2) is 36.7 Å². The fraction of sp³-hybridized carbons (Fsp3) is 0.714. The van der Waals surface area contributed by atoms with Crippen molar-refractivity contribution in [3.05, 3.63) is 0 Å². The molecular weight excluding hydrogens is 264 g/mol. The minimum Gasteiger partial charge on any atom is -0.466 e. The molecule has 0 N–H and O–H groups in total. The van der Waals surface area contributed by atoms with Crippen LogP contribution in [0.1, 0.15) is 40.0 Å². The van der Waals surface area contributed by atoms with Gasteiger partial charge in [0.15, 0.2) is 5.78 Å².